The first kappa shape index (κ1) is 14.1. The SMILES string of the molecule is Cl.O=C1N[C@H](c2ccc(O)c(C(=O)O)c2)CCO1. The summed E-state index contributed by atoms with van der Waals surface area (Å²) in [4.78, 5) is 21.9. The highest BCUT2D eigenvalue weighted by Crippen LogP contribution is 2.25. The monoisotopic (exact) mass is 273 g/mol. The Morgan fingerprint density at radius 3 is 2.78 bits per heavy atom. The minimum atomic E-state index is -1.21. The highest BCUT2D eigenvalue weighted by atomic mass is 35.5. The van der Waals surface area contributed by atoms with Crippen molar-refractivity contribution in [2.45, 2.75) is 12.5 Å². The van der Waals surface area contributed by atoms with Gasteiger partial charge in [-0.15, -0.1) is 12.4 Å². The molecule has 0 unspecified atom stereocenters. The van der Waals surface area contributed by atoms with E-state index in [1.54, 1.807) is 6.07 Å². The Bertz CT molecular complexity index is 477. The van der Waals surface area contributed by atoms with Crippen LogP contribution in [-0.2, 0) is 4.74 Å². The third-order valence-electron chi connectivity index (χ3n) is 2.59. The summed E-state index contributed by atoms with van der Waals surface area (Å²) >= 11 is 0. The smallest absolute Gasteiger partial charge is 0.407 e. The van der Waals surface area contributed by atoms with Gasteiger partial charge < -0.3 is 20.3 Å². The number of ether oxygens (including phenoxy) is 1. The van der Waals surface area contributed by atoms with E-state index in [1.807, 2.05) is 0 Å². The van der Waals surface area contributed by atoms with Gasteiger partial charge in [0.05, 0.1) is 12.6 Å². The molecule has 98 valence electrons. The van der Waals surface area contributed by atoms with Gasteiger partial charge in [-0.05, 0) is 17.7 Å². The molecule has 0 bridgehead atoms. The molecule has 6 nitrogen and oxygen atoms in total. The summed E-state index contributed by atoms with van der Waals surface area (Å²) in [5.74, 6) is -1.50. The molecule has 1 amide bonds. The Balaban J connectivity index is 0.00000162. The number of hydrogen-bond donors (Lipinski definition) is 3. The largest absolute Gasteiger partial charge is 0.507 e. The van der Waals surface area contributed by atoms with E-state index >= 15 is 0 Å². The maximum atomic E-state index is 11.0. The highest BCUT2D eigenvalue weighted by Gasteiger charge is 2.22. The van der Waals surface area contributed by atoms with Crippen molar-refractivity contribution in [3.05, 3.63) is 29.3 Å². The number of carbonyl (C=O) groups is 2. The first-order valence-electron chi connectivity index (χ1n) is 5.07. The fourth-order valence-corrected chi connectivity index (χ4v) is 1.72. The Hall–Kier alpha value is -1.95. The summed E-state index contributed by atoms with van der Waals surface area (Å²) in [5.41, 5.74) is 0.458. The van der Waals surface area contributed by atoms with E-state index in [4.69, 9.17) is 9.84 Å². The van der Waals surface area contributed by atoms with Crippen LogP contribution in [0.3, 0.4) is 0 Å². The molecule has 1 saturated heterocycles. The van der Waals surface area contributed by atoms with Gasteiger partial charge >= 0.3 is 12.1 Å². The second-order valence-electron chi connectivity index (χ2n) is 3.70. The number of aromatic carboxylic acids is 1. The molecule has 1 heterocycles. The van der Waals surface area contributed by atoms with Crippen LogP contribution < -0.4 is 5.32 Å². The lowest BCUT2D eigenvalue weighted by molar-refractivity contribution is 0.0693. The molecule has 7 heteroatoms. The van der Waals surface area contributed by atoms with Crippen LogP contribution >= 0.6 is 12.4 Å². The van der Waals surface area contributed by atoms with Crippen LogP contribution in [-0.4, -0.2) is 28.9 Å². The predicted octanol–water partition coefficient (Wildman–Crippen LogP) is 1.68. The fourth-order valence-electron chi connectivity index (χ4n) is 1.72. The van der Waals surface area contributed by atoms with Crippen molar-refractivity contribution in [2.75, 3.05) is 6.61 Å². The zero-order valence-corrected chi connectivity index (χ0v) is 10.1. The van der Waals surface area contributed by atoms with Crippen LogP contribution in [0.5, 0.6) is 5.75 Å². The van der Waals surface area contributed by atoms with Crippen LogP contribution in [0.1, 0.15) is 28.4 Å². The van der Waals surface area contributed by atoms with Crippen molar-refractivity contribution in [1.29, 1.82) is 0 Å². The molecule has 2 rings (SSSR count). The van der Waals surface area contributed by atoms with E-state index in [2.05, 4.69) is 5.32 Å². The van der Waals surface area contributed by atoms with Crippen LogP contribution in [0.2, 0.25) is 0 Å². The van der Waals surface area contributed by atoms with Crippen molar-refractivity contribution in [3.8, 4) is 5.75 Å². The topological polar surface area (TPSA) is 95.9 Å². The Labute approximate surface area is 109 Å². The average molecular weight is 274 g/mol. The minimum absolute atomic E-state index is 0. The van der Waals surface area contributed by atoms with Gasteiger partial charge in [-0.1, -0.05) is 6.07 Å². The number of aromatic hydroxyl groups is 1. The number of amides is 1. The van der Waals surface area contributed by atoms with E-state index in [9.17, 15) is 14.7 Å². The number of phenols is 1. The molecule has 0 radical (unpaired) electrons. The zero-order chi connectivity index (χ0) is 12.4. The fraction of sp³-hybridized carbons (Fsp3) is 0.273. The predicted molar refractivity (Wildman–Crippen MR) is 64.2 cm³/mol. The van der Waals surface area contributed by atoms with Crippen molar-refractivity contribution < 1.29 is 24.5 Å². The Kier molecular flexibility index (Phi) is 4.38. The molecular formula is C11H12ClNO5. The molecule has 0 aromatic heterocycles. The first-order chi connectivity index (χ1) is 8.08. The van der Waals surface area contributed by atoms with E-state index < -0.39 is 12.1 Å². The van der Waals surface area contributed by atoms with Crippen LogP contribution in [0.25, 0.3) is 0 Å². The summed E-state index contributed by atoms with van der Waals surface area (Å²) in [6.45, 7) is 0.291. The summed E-state index contributed by atoms with van der Waals surface area (Å²) in [7, 11) is 0. The molecule has 1 aliphatic rings. The van der Waals surface area contributed by atoms with Crippen molar-refractivity contribution in [3.63, 3.8) is 0 Å². The van der Waals surface area contributed by atoms with E-state index in [0.717, 1.165) is 0 Å². The van der Waals surface area contributed by atoms with Gasteiger partial charge in [-0.2, -0.15) is 0 Å². The second-order valence-corrected chi connectivity index (χ2v) is 3.70. The summed E-state index contributed by atoms with van der Waals surface area (Å²) in [6.07, 6.45) is 0.0430. The number of nitrogens with one attached hydrogen (secondary N) is 1. The van der Waals surface area contributed by atoms with E-state index in [0.29, 0.717) is 18.6 Å². The molecule has 0 aliphatic carbocycles. The van der Waals surface area contributed by atoms with Gasteiger partial charge in [-0.25, -0.2) is 9.59 Å². The van der Waals surface area contributed by atoms with Crippen LogP contribution in [0.15, 0.2) is 18.2 Å². The average Bonchev–Trinajstić information content (AvgIpc) is 2.29. The second kappa shape index (κ2) is 5.59. The lowest BCUT2D eigenvalue weighted by Gasteiger charge is -2.23. The molecular weight excluding hydrogens is 262 g/mol. The maximum Gasteiger partial charge on any atom is 0.407 e. The molecule has 0 saturated carbocycles. The number of rotatable bonds is 2. The number of cyclic esters (lactones) is 1. The lowest BCUT2D eigenvalue weighted by Crippen LogP contribution is -2.35. The summed E-state index contributed by atoms with van der Waals surface area (Å²) < 4.78 is 4.72. The lowest BCUT2D eigenvalue weighted by atomic mass is 10.0. The molecule has 3 N–H and O–H groups in total. The molecule has 1 aromatic carbocycles. The van der Waals surface area contributed by atoms with Crippen molar-refractivity contribution in [2.24, 2.45) is 0 Å². The number of carbonyl (C=O) groups excluding carboxylic acids is 1. The van der Waals surface area contributed by atoms with Gasteiger partial charge in [0, 0.05) is 6.42 Å². The summed E-state index contributed by atoms with van der Waals surface area (Å²) in [6, 6.07) is 3.96. The zero-order valence-electron chi connectivity index (χ0n) is 9.25. The Morgan fingerprint density at radius 1 is 1.44 bits per heavy atom. The van der Waals surface area contributed by atoms with E-state index in [-0.39, 0.29) is 29.8 Å². The normalized spacial score (nSPS) is 18.2. The standard InChI is InChI=1S/C11H11NO5.ClH/c13-9-2-1-6(5-7(9)10(14)15)8-3-4-17-11(16)12-8;/h1-2,5,8,13H,3-4H2,(H,12,16)(H,14,15);1H/t8-;/m0./s1. The van der Waals surface area contributed by atoms with Gasteiger partial charge in [0.15, 0.2) is 0 Å². The third kappa shape index (κ3) is 2.84. The maximum absolute atomic E-state index is 11.0. The number of alkyl carbamates (subject to hydrolysis) is 1. The van der Waals surface area contributed by atoms with Crippen LogP contribution in [0.4, 0.5) is 4.79 Å². The number of carboxylic acids is 1. The quantitative estimate of drug-likeness (QED) is 0.762. The number of benzene rings is 1. The number of hydrogen-bond acceptors (Lipinski definition) is 4. The van der Waals surface area contributed by atoms with Crippen molar-refractivity contribution in [1.82, 2.24) is 5.32 Å². The van der Waals surface area contributed by atoms with Gasteiger partial charge in [0.1, 0.15) is 11.3 Å². The highest BCUT2D eigenvalue weighted by molar-refractivity contribution is 5.91. The van der Waals surface area contributed by atoms with Gasteiger partial charge in [-0.3, -0.25) is 0 Å². The molecule has 1 aliphatic heterocycles. The van der Waals surface area contributed by atoms with Gasteiger partial charge in [0.25, 0.3) is 0 Å². The molecule has 1 atom stereocenters. The van der Waals surface area contributed by atoms with Crippen LogP contribution in [0, 0.1) is 0 Å². The molecule has 18 heavy (non-hydrogen) atoms. The van der Waals surface area contributed by atoms with Gasteiger partial charge in [0.2, 0.25) is 0 Å². The number of halogens is 1. The third-order valence-corrected chi connectivity index (χ3v) is 2.59. The minimum Gasteiger partial charge on any atom is -0.507 e. The Morgan fingerprint density at radius 2 is 2.17 bits per heavy atom. The molecule has 1 fully saturated rings. The molecule has 0 spiro atoms. The molecule has 1 aromatic rings. The first-order valence-corrected chi connectivity index (χ1v) is 5.07. The summed E-state index contributed by atoms with van der Waals surface area (Å²) in [5, 5.41) is 20.8. The van der Waals surface area contributed by atoms with E-state index in [1.165, 1.54) is 12.1 Å². The number of carboxylic acid groups (broad SMARTS) is 1. The van der Waals surface area contributed by atoms with Crippen molar-refractivity contribution >= 4 is 24.5 Å².